The molecule has 0 saturated heterocycles. The van der Waals surface area contributed by atoms with Crippen LogP contribution in [0.2, 0.25) is 0 Å². The van der Waals surface area contributed by atoms with Gasteiger partial charge < -0.3 is 19.4 Å². The van der Waals surface area contributed by atoms with Crippen LogP contribution >= 0.6 is 0 Å². The maximum atomic E-state index is 12.6. The van der Waals surface area contributed by atoms with Crippen LogP contribution in [-0.4, -0.2) is 30.3 Å². The van der Waals surface area contributed by atoms with Gasteiger partial charge in [0.2, 0.25) is 5.91 Å². The number of aryl methyl sites for hydroxylation is 2. The highest BCUT2D eigenvalue weighted by atomic mass is 16.5. The van der Waals surface area contributed by atoms with Gasteiger partial charge in [-0.25, -0.2) is 0 Å². The topological polar surface area (TPSA) is 71.8 Å². The number of nitrogens with zero attached hydrogens (tertiary/aromatic N) is 1. The molecule has 1 N–H and O–H groups in total. The lowest BCUT2D eigenvalue weighted by atomic mass is 10.1. The largest absolute Gasteiger partial charge is 0.486 e. The van der Waals surface area contributed by atoms with E-state index < -0.39 is 0 Å². The van der Waals surface area contributed by atoms with Gasteiger partial charge in [-0.3, -0.25) is 9.59 Å². The van der Waals surface area contributed by atoms with Crippen molar-refractivity contribution in [1.29, 1.82) is 0 Å². The molecule has 0 aliphatic carbocycles. The molecule has 3 aromatic rings. The number of amides is 2. The second-order valence-corrected chi connectivity index (χ2v) is 6.90. The van der Waals surface area contributed by atoms with Crippen LogP contribution in [0.25, 0.3) is 0 Å². The number of furan rings is 1. The number of rotatable bonds is 7. The molecular formula is C23H24N2O4. The highest BCUT2D eigenvalue weighted by Crippen LogP contribution is 2.17. The van der Waals surface area contributed by atoms with Crippen molar-refractivity contribution < 1.29 is 18.7 Å². The fourth-order valence-electron chi connectivity index (χ4n) is 2.78. The Morgan fingerprint density at radius 3 is 2.55 bits per heavy atom. The van der Waals surface area contributed by atoms with Crippen molar-refractivity contribution in [3.8, 4) is 5.75 Å². The normalized spacial score (nSPS) is 10.4. The van der Waals surface area contributed by atoms with Gasteiger partial charge in [0.25, 0.3) is 5.91 Å². The van der Waals surface area contributed by atoms with Crippen LogP contribution in [0.5, 0.6) is 5.75 Å². The fraction of sp³-hybridized carbons (Fsp3) is 0.217. The molecule has 0 bridgehead atoms. The van der Waals surface area contributed by atoms with Crippen LogP contribution in [0, 0.1) is 13.8 Å². The molecule has 2 aromatic carbocycles. The summed E-state index contributed by atoms with van der Waals surface area (Å²) in [5.41, 5.74) is 2.76. The van der Waals surface area contributed by atoms with E-state index in [1.807, 2.05) is 62.4 Å². The molecule has 0 atom stereocenters. The number of para-hydroxylation sites is 1. The van der Waals surface area contributed by atoms with E-state index in [1.54, 1.807) is 19.2 Å². The zero-order chi connectivity index (χ0) is 20.8. The monoisotopic (exact) mass is 392 g/mol. The Morgan fingerprint density at radius 2 is 1.79 bits per heavy atom. The lowest BCUT2D eigenvalue weighted by Crippen LogP contribution is -2.34. The minimum Gasteiger partial charge on any atom is -0.486 e. The van der Waals surface area contributed by atoms with Gasteiger partial charge in [-0.05, 0) is 55.3 Å². The summed E-state index contributed by atoms with van der Waals surface area (Å²) >= 11 is 0. The summed E-state index contributed by atoms with van der Waals surface area (Å²) in [6.45, 7) is 4.02. The molecule has 0 fully saturated rings. The number of hydrogen-bond acceptors (Lipinski definition) is 4. The Labute approximate surface area is 170 Å². The zero-order valence-electron chi connectivity index (χ0n) is 16.8. The van der Waals surface area contributed by atoms with Gasteiger partial charge >= 0.3 is 0 Å². The lowest BCUT2D eigenvalue weighted by Gasteiger charge is -2.16. The van der Waals surface area contributed by atoms with Gasteiger partial charge in [0.05, 0.1) is 6.54 Å². The smallest absolute Gasteiger partial charge is 0.289 e. The second-order valence-electron chi connectivity index (χ2n) is 6.90. The van der Waals surface area contributed by atoms with E-state index in [2.05, 4.69) is 5.32 Å². The summed E-state index contributed by atoms with van der Waals surface area (Å²) in [5, 5.41) is 2.85. The summed E-state index contributed by atoms with van der Waals surface area (Å²) in [4.78, 5) is 26.2. The number of carbonyl (C=O) groups is 2. The molecule has 1 aromatic heterocycles. The first-order valence-corrected chi connectivity index (χ1v) is 9.31. The molecule has 0 spiro atoms. The van der Waals surface area contributed by atoms with Crippen LogP contribution in [-0.2, 0) is 11.4 Å². The predicted molar refractivity (Wildman–Crippen MR) is 111 cm³/mol. The van der Waals surface area contributed by atoms with E-state index in [0.29, 0.717) is 5.76 Å². The second kappa shape index (κ2) is 9.10. The summed E-state index contributed by atoms with van der Waals surface area (Å²) in [6, 6.07) is 18.5. The number of likely N-dealkylation sites (N-methyl/N-ethyl adjacent to an activating group) is 1. The third-order valence-corrected chi connectivity index (χ3v) is 4.39. The first-order chi connectivity index (χ1) is 13.9. The molecule has 0 saturated carbocycles. The summed E-state index contributed by atoms with van der Waals surface area (Å²) < 4.78 is 11.2. The van der Waals surface area contributed by atoms with Crippen molar-refractivity contribution in [1.82, 2.24) is 4.90 Å². The maximum Gasteiger partial charge on any atom is 0.289 e. The molecule has 0 radical (unpaired) electrons. The van der Waals surface area contributed by atoms with Gasteiger partial charge in [0, 0.05) is 12.7 Å². The number of ether oxygens (including phenoxy) is 1. The molecule has 0 aliphatic rings. The first kappa shape index (κ1) is 20.2. The lowest BCUT2D eigenvalue weighted by molar-refractivity contribution is -0.116. The van der Waals surface area contributed by atoms with Gasteiger partial charge in [0.15, 0.2) is 5.76 Å². The molecular weight excluding hydrogens is 368 g/mol. The van der Waals surface area contributed by atoms with Gasteiger partial charge in [0.1, 0.15) is 18.1 Å². The molecule has 6 heteroatoms. The van der Waals surface area contributed by atoms with Crippen molar-refractivity contribution >= 4 is 17.5 Å². The molecule has 1 heterocycles. The highest BCUT2D eigenvalue weighted by Gasteiger charge is 2.19. The van der Waals surface area contributed by atoms with Crippen LogP contribution in [0.15, 0.2) is 65.1 Å². The Balaban J connectivity index is 1.55. The van der Waals surface area contributed by atoms with Gasteiger partial charge in [-0.1, -0.05) is 30.3 Å². The third-order valence-electron chi connectivity index (χ3n) is 4.39. The predicted octanol–water partition coefficient (Wildman–Crippen LogP) is 4.19. The van der Waals surface area contributed by atoms with Gasteiger partial charge in [-0.2, -0.15) is 0 Å². The minimum absolute atomic E-state index is 0.0806. The average molecular weight is 392 g/mol. The standard InChI is InChI=1S/C23H24N2O4/c1-16-9-10-17(2)20(13-16)24-22(26)14-25(3)23(27)21-12-11-19(29-21)15-28-18-7-5-4-6-8-18/h4-13H,14-15H2,1-3H3,(H,24,26). The van der Waals surface area contributed by atoms with E-state index >= 15 is 0 Å². The minimum atomic E-state index is -0.368. The Hall–Kier alpha value is -3.54. The van der Waals surface area contributed by atoms with Crippen molar-refractivity contribution in [2.75, 3.05) is 18.9 Å². The van der Waals surface area contributed by atoms with Crippen molar-refractivity contribution in [2.24, 2.45) is 0 Å². The quantitative estimate of drug-likeness (QED) is 0.655. The van der Waals surface area contributed by atoms with E-state index in [1.165, 1.54) is 4.90 Å². The maximum absolute atomic E-state index is 12.6. The van der Waals surface area contributed by atoms with Crippen LogP contribution < -0.4 is 10.1 Å². The van der Waals surface area contributed by atoms with Crippen molar-refractivity contribution in [2.45, 2.75) is 20.5 Å². The number of benzene rings is 2. The van der Waals surface area contributed by atoms with E-state index in [9.17, 15) is 9.59 Å². The Morgan fingerprint density at radius 1 is 1.03 bits per heavy atom. The van der Waals surface area contributed by atoms with Crippen LogP contribution in [0.1, 0.15) is 27.4 Å². The summed E-state index contributed by atoms with van der Waals surface area (Å²) in [7, 11) is 1.56. The highest BCUT2D eigenvalue weighted by molar-refractivity contribution is 5.98. The summed E-state index contributed by atoms with van der Waals surface area (Å²) in [6.07, 6.45) is 0. The molecule has 0 unspecified atom stereocenters. The fourth-order valence-corrected chi connectivity index (χ4v) is 2.78. The number of carbonyl (C=O) groups excluding carboxylic acids is 2. The van der Waals surface area contributed by atoms with Crippen LogP contribution in [0.4, 0.5) is 5.69 Å². The molecule has 150 valence electrons. The first-order valence-electron chi connectivity index (χ1n) is 9.31. The SMILES string of the molecule is Cc1ccc(C)c(NC(=O)CN(C)C(=O)c2ccc(COc3ccccc3)o2)c1. The number of nitrogens with one attached hydrogen (secondary N) is 1. The van der Waals surface area contributed by atoms with Crippen LogP contribution in [0.3, 0.4) is 0 Å². The average Bonchev–Trinajstić information content (AvgIpc) is 3.18. The molecule has 2 amide bonds. The molecule has 6 nitrogen and oxygen atoms in total. The Kier molecular flexibility index (Phi) is 6.34. The number of anilines is 1. The van der Waals surface area contributed by atoms with E-state index in [-0.39, 0.29) is 30.7 Å². The number of hydrogen-bond donors (Lipinski definition) is 1. The van der Waals surface area contributed by atoms with E-state index in [4.69, 9.17) is 9.15 Å². The van der Waals surface area contributed by atoms with Crippen molar-refractivity contribution in [3.05, 3.63) is 83.3 Å². The van der Waals surface area contributed by atoms with Gasteiger partial charge in [-0.15, -0.1) is 0 Å². The zero-order valence-corrected chi connectivity index (χ0v) is 16.8. The molecule has 29 heavy (non-hydrogen) atoms. The summed E-state index contributed by atoms with van der Waals surface area (Å²) in [5.74, 6) is 0.780. The van der Waals surface area contributed by atoms with Crippen molar-refractivity contribution in [3.63, 3.8) is 0 Å². The Bertz CT molecular complexity index is 995. The molecule has 3 rings (SSSR count). The third kappa shape index (κ3) is 5.48. The molecule has 0 aliphatic heterocycles. The van der Waals surface area contributed by atoms with E-state index in [0.717, 1.165) is 22.6 Å².